The summed E-state index contributed by atoms with van der Waals surface area (Å²) in [7, 11) is 1.51. The van der Waals surface area contributed by atoms with Crippen LogP contribution < -0.4 is 5.32 Å². The summed E-state index contributed by atoms with van der Waals surface area (Å²) < 4.78 is 45.6. The summed E-state index contributed by atoms with van der Waals surface area (Å²) in [6.07, 6.45) is -3.25. The number of benzene rings is 1. The van der Waals surface area contributed by atoms with Gasteiger partial charge in [-0.25, -0.2) is 15.0 Å². The summed E-state index contributed by atoms with van der Waals surface area (Å²) in [5.41, 5.74) is 1.23. The maximum atomic E-state index is 13.5. The molecule has 1 aromatic carbocycles. The third kappa shape index (κ3) is 4.93. The molecular formula is C24H22F3N5O. The van der Waals surface area contributed by atoms with Crippen LogP contribution in [0.4, 0.5) is 24.7 Å². The van der Waals surface area contributed by atoms with Crippen LogP contribution in [0, 0.1) is 0 Å². The van der Waals surface area contributed by atoms with Crippen molar-refractivity contribution in [3.05, 3.63) is 71.7 Å². The number of ether oxygens (including phenoxy) is 1. The second-order valence-corrected chi connectivity index (χ2v) is 7.79. The van der Waals surface area contributed by atoms with E-state index in [9.17, 15) is 13.2 Å². The Bertz CT molecular complexity index is 1270. The summed E-state index contributed by atoms with van der Waals surface area (Å²) in [6, 6.07) is 13.3. The number of hydrogen-bond acceptors (Lipinski definition) is 6. The van der Waals surface area contributed by atoms with E-state index in [1.165, 1.54) is 31.0 Å². The highest BCUT2D eigenvalue weighted by Crippen LogP contribution is 2.36. The molecule has 3 heterocycles. The van der Waals surface area contributed by atoms with Crippen LogP contribution in [-0.4, -0.2) is 27.0 Å². The average Bonchev–Trinajstić information content (AvgIpc) is 2.79. The van der Waals surface area contributed by atoms with Crippen LogP contribution in [0.1, 0.15) is 36.7 Å². The zero-order valence-electron chi connectivity index (χ0n) is 18.3. The molecular weight excluding hydrogens is 431 g/mol. The molecule has 0 aliphatic carbocycles. The Morgan fingerprint density at radius 3 is 2.39 bits per heavy atom. The van der Waals surface area contributed by atoms with E-state index in [-0.39, 0.29) is 23.6 Å². The highest BCUT2D eigenvalue weighted by atomic mass is 19.4. The molecule has 0 radical (unpaired) electrons. The number of fused-ring (bicyclic) bond motifs is 1. The SMILES string of the molecule is COCc1nc(Nc2ccc(C(C)C)cc2)c2ccc(-c3ncccc3C(F)(F)F)nc2n1. The van der Waals surface area contributed by atoms with Crippen molar-refractivity contribution in [1.82, 2.24) is 19.9 Å². The smallest absolute Gasteiger partial charge is 0.377 e. The molecule has 4 aromatic rings. The zero-order chi connectivity index (χ0) is 23.6. The Morgan fingerprint density at radius 2 is 1.73 bits per heavy atom. The highest BCUT2D eigenvalue weighted by molar-refractivity contribution is 5.90. The molecule has 6 nitrogen and oxygen atoms in total. The van der Waals surface area contributed by atoms with Gasteiger partial charge in [-0.05, 0) is 47.9 Å². The number of pyridine rings is 2. The number of aromatic nitrogens is 4. The summed E-state index contributed by atoms with van der Waals surface area (Å²) in [5, 5.41) is 3.83. The van der Waals surface area contributed by atoms with E-state index in [0.29, 0.717) is 22.9 Å². The summed E-state index contributed by atoms with van der Waals surface area (Å²) in [5.74, 6) is 1.25. The van der Waals surface area contributed by atoms with E-state index >= 15 is 0 Å². The van der Waals surface area contributed by atoms with Gasteiger partial charge in [-0.2, -0.15) is 13.2 Å². The van der Waals surface area contributed by atoms with Crippen molar-refractivity contribution >= 4 is 22.5 Å². The average molecular weight is 453 g/mol. The first kappa shape index (κ1) is 22.6. The van der Waals surface area contributed by atoms with Crippen LogP contribution in [0.3, 0.4) is 0 Å². The van der Waals surface area contributed by atoms with Crippen LogP contribution >= 0.6 is 0 Å². The molecule has 0 unspecified atom stereocenters. The molecule has 170 valence electrons. The minimum atomic E-state index is -4.55. The van der Waals surface area contributed by atoms with E-state index in [1.54, 1.807) is 6.07 Å². The first-order chi connectivity index (χ1) is 15.8. The number of anilines is 2. The van der Waals surface area contributed by atoms with Crippen molar-refractivity contribution in [3.63, 3.8) is 0 Å². The van der Waals surface area contributed by atoms with Crippen LogP contribution in [0.25, 0.3) is 22.4 Å². The molecule has 0 fully saturated rings. The largest absolute Gasteiger partial charge is 0.418 e. The van der Waals surface area contributed by atoms with Crippen molar-refractivity contribution < 1.29 is 17.9 Å². The third-order valence-electron chi connectivity index (χ3n) is 5.08. The lowest BCUT2D eigenvalue weighted by atomic mass is 10.0. The minimum absolute atomic E-state index is 0.0738. The van der Waals surface area contributed by atoms with Gasteiger partial charge in [0.2, 0.25) is 0 Å². The number of methoxy groups -OCH3 is 1. The predicted molar refractivity (Wildman–Crippen MR) is 120 cm³/mol. The molecule has 1 N–H and O–H groups in total. The maximum Gasteiger partial charge on any atom is 0.418 e. The molecule has 0 spiro atoms. The summed E-state index contributed by atoms with van der Waals surface area (Å²) >= 11 is 0. The van der Waals surface area contributed by atoms with Gasteiger partial charge < -0.3 is 10.1 Å². The van der Waals surface area contributed by atoms with Crippen LogP contribution in [-0.2, 0) is 17.5 Å². The number of hydrogen-bond donors (Lipinski definition) is 1. The molecule has 0 aliphatic heterocycles. The van der Waals surface area contributed by atoms with Gasteiger partial charge in [0, 0.05) is 19.0 Å². The van der Waals surface area contributed by atoms with Gasteiger partial charge >= 0.3 is 6.18 Å². The fourth-order valence-corrected chi connectivity index (χ4v) is 3.40. The first-order valence-corrected chi connectivity index (χ1v) is 10.3. The lowest BCUT2D eigenvalue weighted by molar-refractivity contribution is -0.137. The van der Waals surface area contributed by atoms with Crippen LogP contribution in [0.5, 0.6) is 0 Å². The van der Waals surface area contributed by atoms with Gasteiger partial charge in [-0.1, -0.05) is 26.0 Å². The molecule has 4 rings (SSSR count). The number of halogens is 3. The molecule has 0 bridgehead atoms. The Morgan fingerprint density at radius 1 is 0.970 bits per heavy atom. The maximum absolute atomic E-state index is 13.5. The van der Waals surface area contributed by atoms with Gasteiger partial charge in [0.15, 0.2) is 11.5 Å². The van der Waals surface area contributed by atoms with E-state index in [4.69, 9.17) is 4.74 Å². The van der Waals surface area contributed by atoms with Crippen molar-refractivity contribution in [2.75, 3.05) is 12.4 Å². The van der Waals surface area contributed by atoms with Gasteiger partial charge in [-0.3, -0.25) is 4.98 Å². The Hall–Kier alpha value is -3.59. The van der Waals surface area contributed by atoms with E-state index < -0.39 is 11.7 Å². The molecule has 0 amide bonds. The molecule has 33 heavy (non-hydrogen) atoms. The lowest BCUT2D eigenvalue weighted by Gasteiger charge is -2.14. The van der Waals surface area contributed by atoms with Crippen molar-refractivity contribution in [3.8, 4) is 11.4 Å². The normalized spacial score (nSPS) is 11.8. The number of alkyl halides is 3. The number of nitrogens with one attached hydrogen (secondary N) is 1. The Kier molecular flexibility index (Phi) is 6.24. The highest BCUT2D eigenvalue weighted by Gasteiger charge is 2.34. The van der Waals surface area contributed by atoms with Crippen LogP contribution in [0.15, 0.2) is 54.7 Å². The van der Waals surface area contributed by atoms with E-state index in [0.717, 1.165) is 11.8 Å². The lowest BCUT2D eigenvalue weighted by Crippen LogP contribution is -2.09. The standard InChI is InChI=1S/C24H22F3N5O/c1-14(2)15-6-8-16(9-7-15)29-22-17-10-11-19(30-23(17)32-20(31-22)13-33-3)21-18(24(25,26)27)5-4-12-28-21/h4-12,14H,13H2,1-3H3,(H,29,30,31,32). The van der Waals surface area contributed by atoms with Gasteiger partial charge in [0.05, 0.1) is 16.6 Å². The minimum Gasteiger partial charge on any atom is -0.377 e. The topological polar surface area (TPSA) is 72.8 Å². The molecule has 0 saturated carbocycles. The quantitative estimate of drug-likeness (QED) is 0.379. The predicted octanol–water partition coefficient (Wildman–Crippen LogP) is 6.12. The fourth-order valence-electron chi connectivity index (χ4n) is 3.40. The summed E-state index contributed by atoms with van der Waals surface area (Å²) in [4.78, 5) is 17.2. The van der Waals surface area contributed by atoms with Gasteiger partial charge in [-0.15, -0.1) is 0 Å². The van der Waals surface area contributed by atoms with Gasteiger partial charge in [0.25, 0.3) is 0 Å². The molecule has 3 aromatic heterocycles. The van der Waals surface area contributed by atoms with Gasteiger partial charge in [0.1, 0.15) is 18.1 Å². The molecule has 0 atom stereocenters. The summed E-state index contributed by atoms with van der Waals surface area (Å²) in [6.45, 7) is 4.36. The zero-order valence-corrected chi connectivity index (χ0v) is 18.3. The molecule has 9 heteroatoms. The number of rotatable bonds is 6. The third-order valence-corrected chi connectivity index (χ3v) is 5.08. The fraction of sp³-hybridized carbons (Fsp3) is 0.250. The van der Waals surface area contributed by atoms with E-state index in [1.807, 2.05) is 24.3 Å². The first-order valence-electron chi connectivity index (χ1n) is 10.3. The van der Waals surface area contributed by atoms with Crippen molar-refractivity contribution in [1.29, 1.82) is 0 Å². The van der Waals surface area contributed by atoms with Crippen molar-refractivity contribution in [2.24, 2.45) is 0 Å². The Labute approximate surface area is 188 Å². The second-order valence-electron chi connectivity index (χ2n) is 7.79. The monoisotopic (exact) mass is 453 g/mol. The molecule has 0 aliphatic rings. The van der Waals surface area contributed by atoms with Crippen molar-refractivity contribution in [2.45, 2.75) is 32.5 Å². The van der Waals surface area contributed by atoms with Crippen LogP contribution in [0.2, 0.25) is 0 Å². The number of nitrogens with zero attached hydrogens (tertiary/aromatic N) is 4. The Balaban J connectivity index is 1.79. The molecule has 0 saturated heterocycles. The second kappa shape index (κ2) is 9.11. The van der Waals surface area contributed by atoms with E-state index in [2.05, 4.69) is 39.1 Å².